The number of benzene rings is 8. The molecule has 0 radical (unpaired) electrons. The highest BCUT2D eigenvalue weighted by Gasteiger charge is 2.20. The minimum Gasteiger partial charge on any atom is -0.455 e. The molecule has 3 nitrogen and oxygen atoms in total. The van der Waals surface area contributed by atoms with Crippen molar-refractivity contribution in [2.45, 2.75) is 0 Å². The van der Waals surface area contributed by atoms with Crippen LogP contribution in [0.25, 0.3) is 99.3 Å². The van der Waals surface area contributed by atoms with Crippen LogP contribution in [0.5, 0.6) is 0 Å². The fourth-order valence-corrected chi connectivity index (χ4v) is 7.32. The largest absolute Gasteiger partial charge is 0.455 e. The minimum atomic E-state index is 0.696. The van der Waals surface area contributed by atoms with E-state index in [-0.39, 0.29) is 0 Å². The Morgan fingerprint density at radius 3 is 1.57 bits per heavy atom. The number of hydrogen-bond acceptors (Lipinski definition) is 3. The first-order valence-corrected chi connectivity index (χ1v) is 16.6. The van der Waals surface area contributed by atoms with Gasteiger partial charge in [0, 0.05) is 33.0 Å². The summed E-state index contributed by atoms with van der Waals surface area (Å²) >= 11 is 0. The summed E-state index contributed by atoms with van der Waals surface area (Å²) in [6.45, 7) is 0. The van der Waals surface area contributed by atoms with Gasteiger partial charge in [-0.25, -0.2) is 9.97 Å². The summed E-state index contributed by atoms with van der Waals surface area (Å²) in [4.78, 5) is 10.3. The summed E-state index contributed by atoms with van der Waals surface area (Å²) in [5, 5.41) is 9.23. The van der Waals surface area contributed by atoms with E-state index in [1.54, 1.807) is 0 Å². The van der Waals surface area contributed by atoms with Gasteiger partial charge in [0.15, 0.2) is 5.82 Å². The van der Waals surface area contributed by atoms with E-state index in [1.165, 1.54) is 21.5 Å². The van der Waals surface area contributed by atoms with Crippen molar-refractivity contribution in [2.24, 2.45) is 0 Å². The van der Waals surface area contributed by atoms with E-state index in [9.17, 15) is 0 Å². The topological polar surface area (TPSA) is 38.9 Å². The highest BCUT2D eigenvalue weighted by atomic mass is 16.3. The lowest BCUT2D eigenvalue weighted by atomic mass is 9.91. The molecular formula is C46H28N2O. The van der Waals surface area contributed by atoms with Gasteiger partial charge < -0.3 is 4.42 Å². The zero-order valence-corrected chi connectivity index (χ0v) is 26.5. The molecule has 0 amide bonds. The number of furan rings is 1. The molecule has 0 aliphatic heterocycles. The van der Waals surface area contributed by atoms with Gasteiger partial charge in [-0.2, -0.15) is 0 Å². The maximum atomic E-state index is 6.82. The molecule has 0 saturated carbocycles. The highest BCUT2D eigenvalue weighted by Crippen LogP contribution is 2.45. The molecule has 0 saturated heterocycles. The molecule has 0 atom stereocenters. The Morgan fingerprint density at radius 1 is 0.367 bits per heavy atom. The van der Waals surface area contributed by atoms with Crippen molar-refractivity contribution in [3.05, 3.63) is 170 Å². The first-order valence-electron chi connectivity index (χ1n) is 16.6. The Bertz CT molecular complexity index is 2810. The van der Waals surface area contributed by atoms with E-state index in [2.05, 4.69) is 158 Å². The first kappa shape index (κ1) is 27.5. The third kappa shape index (κ3) is 4.51. The average molecular weight is 625 g/mol. The SMILES string of the molecule is c1ccc(-c2cc(-c3ccccc3)nc(-c3ccc(-c4cc5ccccc5c5c4oc4cc6ccccc6cc45)c4ccccc34)n2)cc1. The third-order valence-corrected chi connectivity index (χ3v) is 9.65. The maximum Gasteiger partial charge on any atom is 0.161 e. The second-order valence-electron chi connectivity index (χ2n) is 12.5. The number of aromatic nitrogens is 2. The second-order valence-corrected chi connectivity index (χ2v) is 12.5. The van der Waals surface area contributed by atoms with E-state index >= 15 is 0 Å². The Balaban J connectivity index is 1.24. The summed E-state index contributed by atoms with van der Waals surface area (Å²) in [5.41, 5.74) is 8.86. The van der Waals surface area contributed by atoms with Crippen molar-refractivity contribution in [1.82, 2.24) is 9.97 Å². The zero-order valence-electron chi connectivity index (χ0n) is 26.5. The van der Waals surface area contributed by atoms with Gasteiger partial charge in [-0.1, -0.05) is 140 Å². The third-order valence-electron chi connectivity index (χ3n) is 9.65. The van der Waals surface area contributed by atoms with Crippen LogP contribution >= 0.6 is 0 Å². The molecule has 0 N–H and O–H groups in total. The monoisotopic (exact) mass is 624 g/mol. The summed E-state index contributed by atoms with van der Waals surface area (Å²) < 4.78 is 6.82. The van der Waals surface area contributed by atoms with Gasteiger partial charge in [0.1, 0.15) is 11.2 Å². The van der Waals surface area contributed by atoms with Gasteiger partial charge in [0.2, 0.25) is 0 Å². The van der Waals surface area contributed by atoms with Gasteiger partial charge in [0.05, 0.1) is 11.4 Å². The van der Waals surface area contributed by atoms with Gasteiger partial charge >= 0.3 is 0 Å². The van der Waals surface area contributed by atoms with Gasteiger partial charge in [0.25, 0.3) is 0 Å². The van der Waals surface area contributed by atoms with Crippen LogP contribution in [0.15, 0.2) is 174 Å². The fourth-order valence-electron chi connectivity index (χ4n) is 7.32. The molecule has 0 spiro atoms. The van der Waals surface area contributed by atoms with E-state index in [1.807, 2.05) is 12.1 Å². The van der Waals surface area contributed by atoms with Crippen LogP contribution in [0.4, 0.5) is 0 Å². The molecule has 228 valence electrons. The minimum absolute atomic E-state index is 0.696. The van der Waals surface area contributed by atoms with Crippen molar-refractivity contribution >= 4 is 54.3 Å². The zero-order chi connectivity index (χ0) is 32.3. The van der Waals surface area contributed by atoms with Crippen molar-refractivity contribution in [2.75, 3.05) is 0 Å². The van der Waals surface area contributed by atoms with Crippen LogP contribution in [0.3, 0.4) is 0 Å². The smallest absolute Gasteiger partial charge is 0.161 e. The van der Waals surface area contributed by atoms with Crippen molar-refractivity contribution < 1.29 is 4.42 Å². The molecule has 2 heterocycles. The number of nitrogens with zero attached hydrogens (tertiary/aromatic N) is 2. The number of rotatable bonds is 4. The molecule has 10 rings (SSSR count). The van der Waals surface area contributed by atoms with Crippen LogP contribution in [0.2, 0.25) is 0 Å². The predicted molar refractivity (Wildman–Crippen MR) is 204 cm³/mol. The molecule has 3 heteroatoms. The van der Waals surface area contributed by atoms with Crippen LogP contribution in [0, 0.1) is 0 Å². The van der Waals surface area contributed by atoms with E-state index in [4.69, 9.17) is 14.4 Å². The number of fused-ring (bicyclic) bond motifs is 7. The predicted octanol–water partition coefficient (Wildman–Crippen LogP) is 12.5. The van der Waals surface area contributed by atoms with Crippen LogP contribution in [0.1, 0.15) is 0 Å². The Kier molecular flexibility index (Phi) is 6.18. The van der Waals surface area contributed by atoms with Crippen LogP contribution in [-0.2, 0) is 0 Å². The van der Waals surface area contributed by atoms with Crippen LogP contribution < -0.4 is 0 Å². The van der Waals surface area contributed by atoms with E-state index < -0.39 is 0 Å². The molecule has 8 aromatic carbocycles. The maximum absolute atomic E-state index is 6.82. The average Bonchev–Trinajstić information content (AvgIpc) is 3.55. The Morgan fingerprint density at radius 2 is 0.898 bits per heavy atom. The van der Waals surface area contributed by atoms with E-state index in [0.717, 1.165) is 71.9 Å². The molecule has 0 aliphatic rings. The standard InChI is InChI=1S/C46H28N2O/c1-3-13-29(14-4-1)41-28-42(30-15-5-2-6-16-30)48-46(47-41)38-24-23-37(35-21-11-12-22-36(35)38)39-26-33-19-9-10-20-34(33)44-40-25-31-17-7-8-18-32(31)27-43(40)49-45(39)44/h1-28H. The van der Waals surface area contributed by atoms with Gasteiger partial charge in [-0.3, -0.25) is 0 Å². The summed E-state index contributed by atoms with van der Waals surface area (Å²) in [5.74, 6) is 0.696. The lowest BCUT2D eigenvalue weighted by molar-refractivity contribution is 0.671. The molecule has 0 unspecified atom stereocenters. The lowest BCUT2D eigenvalue weighted by Crippen LogP contribution is -1.97. The second kappa shape index (κ2) is 11.0. The molecule has 0 aliphatic carbocycles. The van der Waals surface area contributed by atoms with Crippen molar-refractivity contribution in [1.29, 1.82) is 0 Å². The molecule has 0 bridgehead atoms. The first-order chi connectivity index (χ1) is 24.3. The molecule has 49 heavy (non-hydrogen) atoms. The fraction of sp³-hybridized carbons (Fsp3) is 0. The molecule has 2 aromatic heterocycles. The highest BCUT2D eigenvalue weighted by molar-refractivity contribution is 6.25. The van der Waals surface area contributed by atoms with Crippen LogP contribution in [-0.4, -0.2) is 9.97 Å². The Labute approximate surface area is 282 Å². The molecule has 10 aromatic rings. The Hall–Kier alpha value is -6.58. The van der Waals surface area contributed by atoms with E-state index in [0.29, 0.717) is 5.82 Å². The quantitative estimate of drug-likeness (QED) is 0.196. The summed E-state index contributed by atoms with van der Waals surface area (Å²) in [6.07, 6.45) is 0. The van der Waals surface area contributed by atoms with Gasteiger partial charge in [-0.05, 0) is 68.2 Å². The normalized spacial score (nSPS) is 11.7. The van der Waals surface area contributed by atoms with Crippen molar-refractivity contribution in [3.8, 4) is 45.0 Å². The summed E-state index contributed by atoms with van der Waals surface area (Å²) in [6, 6.07) is 59.5. The van der Waals surface area contributed by atoms with Gasteiger partial charge in [-0.15, -0.1) is 0 Å². The number of hydrogen-bond donors (Lipinski definition) is 0. The molecular weight excluding hydrogens is 597 g/mol. The molecule has 0 fully saturated rings. The summed E-state index contributed by atoms with van der Waals surface area (Å²) in [7, 11) is 0. The van der Waals surface area contributed by atoms with Crippen molar-refractivity contribution in [3.63, 3.8) is 0 Å². The lowest BCUT2D eigenvalue weighted by Gasteiger charge is -2.14.